The van der Waals surface area contributed by atoms with E-state index in [1.54, 1.807) is 11.7 Å². The number of nitrogens with zero attached hydrogens (tertiary/aromatic N) is 3. The van der Waals surface area contributed by atoms with Gasteiger partial charge in [-0.2, -0.15) is 5.10 Å². The highest BCUT2D eigenvalue weighted by molar-refractivity contribution is 6.03. The maximum absolute atomic E-state index is 12.3. The molecule has 106 valence electrons. The topological polar surface area (TPSA) is 73.0 Å². The summed E-state index contributed by atoms with van der Waals surface area (Å²) in [6, 6.07) is 0. The van der Waals surface area contributed by atoms with Crippen molar-refractivity contribution in [3.63, 3.8) is 0 Å². The summed E-state index contributed by atoms with van der Waals surface area (Å²) < 4.78 is 6.98. The second-order valence-corrected chi connectivity index (χ2v) is 5.43. The Labute approximate surface area is 117 Å². The molecular formula is C14H18N4O2. The van der Waals surface area contributed by atoms with Gasteiger partial charge < -0.3 is 9.84 Å². The molecule has 1 aliphatic carbocycles. The van der Waals surface area contributed by atoms with Gasteiger partial charge in [0.05, 0.1) is 5.69 Å². The van der Waals surface area contributed by atoms with Gasteiger partial charge in [-0.1, -0.05) is 5.16 Å². The summed E-state index contributed by atoms with van der Waals surface area (Å²) in [4.78, 5) is 12.3. The van der Waals surface area contributed by atoms with Crippen LogP contribution in [0.15, 0.2) is 4.52 Å². The molecule has 0 unspecified atom stereocenters. The number of nitrogens with one attached hydrogen (secondary N) is 1. The average molecular weight is 274 g/mol. The summed E-state index contributed by atoms with van der Waals surface area (Å²) in [5.74, 6) is 1.75. The van der Waals surface area contributed by atoms with E-state index in [0.717, 1.165) is 35.4 Å². The molecule has 1 N–H and O–H groups in total. The van der Waals surface area contributed by atoms with Crippen molar-refractivity contribution in [1.82, 2.24) is 14.9 Å². The normalized spacial score (nSPS) is 14.6. The van der Waals surface area contributed by atoms with Crippen molar-refractivity contribution < 1.29 is 9.32 Å². The number of aromatic nitrogens is 3. The van der Waals surface area contributed by atoms with Crippen molar-refractivity contribution in [2.24, 2.45) is 7.05 Å². The summed E-state index contributed by atoms with van der Waals surface area (Å²) in [5.41, 5.74) is 3.08. The van der Waals surface area contributed by atoms with Crippen LogP contribution in [0.2, 0.25) is 0 Å². The van der Waals surface area contributed by atoms with Gasteiger partial charge in [-0.3, -0.25) is 9.48 Å². The monoisotopic (exact) mass is 274 g/mol. The van der Waals surface area contributed by atoms with E-state index in [9.17, 15) is 4.79 Å². The Kier molecular flexibility index (Phi) is 2.88. The standard InChI is InChI=1S/C14H18N4O2/c1-7-9(3)16-18(4)13(7)15-14(19)11-8(2)12(20-17-11)10-5-6-10/h10H,5-6H2,1-4H3,(H,15,19). The summed E-state index contributed by atoms with van der Waals surface area (Å²) >= 11 is 0. The Morgan fingerprint density at radius 2 is 2.00 bits per heavy atom. The summed E-state index contributed by atoms with van der Waals surface area (Å²) in [6.45, 7) is 5.74. The zero-order chi connectivity index (χ0) is 14.4. The predicted molar refractivity (Wildman–Crippen MR) is 73.9 cm³/mol. The van der Waals surface area contributed by atoms with Crippen LogP contribution in [0.3, 0.4) is 0 Å². The fourth-order valence-corrected chi connectivity index (χ4v) is 2.39. The van der Waals surface area contributed by atoms with Crippen molar-refractivity contribution in [2.45, 2.75) is 39.5 Å². The second kappa shape index (κ2) is 4.47. The van der Waals surface area contributed by atoms with Crippen molar-refractivity contribution in [2.75, 3.05) is 5.32 Å². The molecule has 2 aromatic heterocycles. The lowest BCUT2D eigenvalue weighted by Crippen LogP contribution is -2.16. The molecule has 6 nitrogen and oxygen atoms in total. The first-order chi connectivity index (χ1) is 9.49. The zero-order valence-electron chi connectivity index (χ0n) is 12.1. The smallest absolute Gasteiger partial charge is 0.279 e. The van der Waals surface area contributed by atoms with Gasteiger partial charge in [0.2, 0.25) is 0 Å². The molecule has 1 amide bonds. The predicted octanol–water partition coefficient (Wildman–Crippen LogP) is 2.46. The highest BCUT2D eigenvalue weighted by Gasteiger charge is 2.32. The molecule has 0 saturated heterocycles. The minimum Gasteiger partial charge on any atom is -0.360 e. The highest BCUT2D eigenvalue weighted by Crippen LogP contribution is 2.42. The van der Waals surface area contributed by atoms with E-state index in [4.69, 9.17) is 4.52 Å². The van der Waals surface area contributed by atoms with Crippen LogP contribution in [0.1, 0.15) is 51.8 Å². The summed E-state index contributed by atoms with van der Waals surface area (Å²) in [6.07, 6.45) is 2.24. The molecule has 2 aromatic rings. The van der Waals surface area contributed by atoms with Crippen LogP contribution in [0, 0.1) is 20.8 Å². The average Bonchev–Trinajstić information content (AvgIpc) is 3.13. The number of anilines is 1. The maximum Gasteiger partial charge on any atom is 0.279 e. The largest absolute Gasteiger partial charge is 0.360 e. The minimum absolute atomic E-state index is 0.246. The van der Waals surface area contributed by atoms with E-state index < -0.39 is 0 Å². The lowest BCUT2D eigenvalue weighted by atomic mass is 10.1. The number of carbonyl (C=O) groups is 1. The molecule has 1 aliphatic rings. The molecule has 0 aliphatic heterocycles. The van der Waals surface area contributed by atoms with Gasteiger partial charge in [0, 0.05) is 24.1 Å². The minimum atomic E-state index is -0.246. The fourth-order valence-electron chi connectivity index (χ4n) is 2.39. The van der Waals surface area contributed by atoms with Gasteiger partial charge in [-0.25, -0.2) is 0 Å². The van der Waals surface area contributed by atoms with Gasteiger partial charge in [0.25, 0.3) is 5.91 Å². The number of hydrogen-bond donors (Lipinski definition) is 1. The lowest BCUT2D eigenvalue weighted by molar-refractivity contribution is 0.101. The molecule has 0 atom stereocenters. The third-order valence-corrected chi connectivity index (χ3v) is 3.88. The van der Waals surface area contributed by atoms with E-state index in [-0.39, 0.29) is 5.91 Å². The molecule has 0 radical (unpaired) electrons. The Morgan fingerprint density at radius 1 is 1.30 bits per heavy atom. The first kappa shape index (κ1) is 12.9. The number of amides is 1. The molecule has 0 aromatic carbocycles. The van der Waals surface area contributed by atoms with E-state index in [0.29, 0.717) is 17.4 Å². The summed E-state index contributed by atoms with van der Waals surface area (Å²) in [5, 5.41) is 11.1. The van der Waals surface area contributed by atoms with Gasteiger partial charge in [-0.15, -0.1) is 0 Å². The Balaban J connectivity index is 1.86. The first-order valence-corrected chi connectivity index (χ1v) is 6.76. The van der Waals surface area contributed by atoms with Crippen molar-refractivity contribution >= 4 is 11.7 Å². The molecule has 0 spiro atoms. The van der Waals surface area contributed by atoms with E-state index in [1.165, 1.54) is 0 Å². The molecule has 2 heterocycles. The van der Waals surface area contributed by atoms with Crippen LogP contribution < -0.4 is 5.32 Å². The van der Waals surface area contributed by atoms with Crippen molar-refractivity contribution in [3.05, 3.63) is 28.3 Å². The number of carbonyl (C=O) groups excluding carboxylic acids is 1. The highest BCUT2D eigenvalue weighted by atomic mass is 16.5. The SMILES string of the molecule is Cc1nn(C)c(NC(=O)c2noc(C3CC3)c2C)c1C. The molecule has 3 rings (SSSR count). The molecular weight excluding hydrogens is 256 g/mol. The van der Waals surface area contributed by atoms with Gasteiger partial charge in [0.1, 0.15) is 11.6 Å². The van der Waals surface area contributed by atoms with Crippen molar-refractivity contribution in [3.8, 4) is 0 Å². The fraction of sp³-hybridized carbons (Fsp3) is 0.500. The third kappa shape index (κ3) is 2.01. The first-order valence-electron chi connectivity index (χ1n) is 6.76. The molecule has 1 saturated carbocycles. The number of aryl methyl sites for hydroxylation is 2. The van der Waals surface area contributed by atoms with Crippen LogP contribution in [-0.4, -0.2) is 20.8 Å². The van der Waals surface area contributed by atoms with Gasteiger partial charge in [0.15, 0.2) is 5.69 Å². The van der Waals surface area contributed by atoms with Gasteiger partial charge >= 0.3 is 0 Å². The zero-order valence-corrected chi connectivity index (χ0v) is 12.1. The molecule has 6 heteroatoms. The maximum atomic E-state index is 12.3. The molecule has 1 fully saturated rings. The number of rotatable bonds is 3. The molecule has 0 bridgehead atoms. The Bertz CT molecular complexity index is 680. The van der Waals surface area contributed by atoms with Crippen LogP contribution in [0.25, 0.3) is 0 Å². The van der Waals surface area contributed by atoms with Crippen molar-refractivity contribution in [1.29, 1.82) is 0 Å². The number of hydrogen-bond acceptors (Lipinski definition) is 4. The van der Waals surface area contributed by atoms with E-state index in [1.807, 2.05) is 20.8 Å². The quantitative estimate of drug-likeness (QED) is 0.933. The van der Waals surface area contributed by atoms with E-state index >= 15 is 0 Å². The Morgan fingerprint density at radius 3 is 2.55 bits per heavy atom. The van der Waals surface area contributed by atoms with Crippen LogP contribution in [0.5, 0.6) is 0 Å². The van der Waals surface area contributed by atoms with E-state index in [2.05, 4.69) is 15.6 Å². The Hall–Kier alpha value is -2.11. The van der Waals surface area contributed by atoms with Crippen LogP contribution in [0.4, 0.5) is 5.82 Å². The third-order valence-electron chi connectivity index (χ3n) is 3.88. The van der Waals surface area contributed by atoms with Crippen LogP contribution >= 0.6 is 0 Å². The van der Waals surface area contributed by atoms with Gasteiger partial charge in [-0.05, 0) is 33.6 Å². The second-order valence-electron chi connectivity index (χ2n) is 5.43. The molecule has 20 heavy (non-hydrogen) atoms. The lowest BCUT2D eigenvalue weighted by Gasteiger charge is -2.05. The summed E-state index contributed by atoms with van der Waals surface area (Å²) in [7, 11) is 1.81. The van der Waals surface area contributed by atoms with Crippen LogP contribution in [-0.2, 0) is 7.05 Å².